The molecule has 0 aliphatic rings. The number of halogens is 1. The summed E-state index contributed by atoms with van der Waals surface area (Å²) in [5.74, 6) is 1.30. The van der Waals surface area contributed by atoms with Crippen LogP contribution in [0.4, 0.5) is 5.82 Å². The number of ether oxygens (including phenoxy) is 1. The lowest BCUT2D eigenvalue weighted by Crippen LogP contribution is -2.10. The average Bonchev–Trinajstić information content (AvgIpc) is 2.84. The van der Waals surface area contributed by atoms with E-state index in [9.17, 15) is 5.26 Å². The Bertz CT molecular complexity index is 1250. The van der Waals surface area contributed by atoms with Crippen molar-refractivity contribution in [3.05, 3.63) is 101 Å². The molecule has 4 aromatic rings. The van der Waals surface area contributed by atoms with Crippen molar-refractivity contribution in [2.24, 2.45) is 0 Å². The molecule has 1 heterocycles. The Kier molecular flexibility index (Phi) is 6.39. The molecule has 1 atom stereocenters. The second-order valence-electron chi connectivity index (χ2n) is 7.40. The van der Waals surface area contributed by atoms with Crippen LogP contribution in [0.5, 0.6) is 5.75 Å². The highest BCUT2D eigenvalue weighted by atomic mass is 35.5. The van der Waals surface area contributed by atoms with Crippen molar-refractivity contribution in [1.82, 2.24) is 4.98 Å². The van der Waals surface area contributed by atoms with Gasteiger partial charge in [0.1, 0.15) is 23.2 Å². The zero-order chi connectivity index (χ0) is 22.5. The number of nitriles is 1. The van der Waals surface area contributed by atoms with Gasteiger partial charge in [-0.05, 0) is 48.4 Å². The van der Waals surface area contributed by atoms with Crippen molar-refractivity contribution in [3.8, 4) is 34.2 Å². The van der Waals surface area contributed by atoms with Crippen molar-refractivity contribution >= 4 is 17.4 Å². The molecule has 0 saturated carbocycles. The first-order chi connectivity index (χ1) is 15.6. The summed E-state index contributed by atoms with van der Waals surface area (Å²) in [6, 6.07) is 29.6. The van der Waals surface area contributed by atoms with Crippen LogP contribution >= 0.6 is 11.6 Å². The van der Waals surface area contributed by atoms with Gasteiger partial charge in [0.15, 0.2) is 0 Å². The molecule has 0 amide bonds. The van der Waals surface area contributed by atoms with E-state index in [-0.39, 0.29) is 6.04 Å². The summed E-state index contributed by atoms with van der Waals surface area (Å²) in [4.78, 5) is 4.83. The normalized spacial score (nSPS) is 11.4. The zero-order valence-electron chi connectivity index (χ0n) is 17.8. The molecule has 0 radical (unpaired) electrons. The van der Waals surface area contributed by atoms with Gasteiger partial charge in [-0.25, -0.2) is 4.98 Å². The van der Waals surface area contributed by atoms with Gasteiger partial charge in [0.25, 0.3) is 0 Å². The van der Waals surface area contributed by atoms with Gasteiger partial charge in [-0.15, -0.1) is 0 Å². The lowest BCUT2D eigenvalue weighted by atomic mass is 9.98. The summed E-state index contributed by atoms with van der Waals surface area (Å²) < 4.78 is 5.29. The van der Waals surface area contributed by atoms with E-state index in [1.807, 2.05) is 72.8 Å². The summed E-state index contributed by atoms with van der Waals surface area (Å²) in [7, 11) is 1.63. The third-order valence-corrected chi connectivity index (χ3v) is 5.58. The number of anilines is 1. The van der Waals surface area contributed by atoms with Gasteiger partial charge in [-0.1, -0.05) is 66.2 Å². The maximum Gasteiger partial charge on any atom is 0.145 e. The molecule has 5 heteroatoms. The van der Waals surface area contributed by atoms with Crippen LogP contribution in [0, 0.1) is 11.3 Å². The molecule has 0 saturated heterocycles. The molecule has 158 valence electrons. The van der Waals surface area contributed by atoms with Gasteiger partial charge < -0.3 is 10.1 Å². The highest BCUT2D eigenvalue weighted by Gasteiger charge is 2.17. The van der Waals surface area contributed by atoms with Crippen LogP contribution in [0.3, 0.4) is 0 Å². The first kappa shape index (κ1) is 21.4. The number of nitrogens with zero attached hydrogens (tertiary/aromatic N) is 2. The summed E-state index contributed by atoms with van der Waals surface area (Å²) in [6.45, 7) is 2.06. The molecule has 4 nitrogen and oxygen atoms in total. The van der Waals surface area contributed by atoms with E-state index in [0.29, 0.717) is 16.4 Å². The second kappa shape index (κ2) is 9.55. The van der Waals surface area contributed by atoms with Crippen molar-refractivity contribution in [2.75, 3.05) is 12.4 Å². The number of hydrogen-bond acceptors (Lipinski definition) is 4. The topological polar surface area (TPSA) is 57.9 Å². The fraction of sp³-hybridized carbons (Fsp3) is 0.111. The van der Waals surface area contributed by atoms with Crippen molar-refractivity contribution in [2.45, 2.75) is 13.0 Å². The van der Waals surface area contributed by atoms with Gasteiger partial charge in [0.05, 0.1) is 12.8 Å². The van der Waals surface area contributed by atoms with E-state index < -0.39 is 0 Å². The fourth-order valence-corrected chi connectivity index (χ4v) is 3.69. The summed E-state index contributed by atoms with van der Waals surface area (Å²) >= 11 is 6.08. The number of rotatable bonds is 6. The van der Waals surface area contributed by atoms with Gasteiger partial charge in [0.2, 0.25) is 0 Å². The first-order valence-electron chi connectivity index (χ1n) is 10.3. The molecule has 3 aromatic carbocycles. The molecule has 1 aromatic heterocycles. The predicted molar refractivity (Wildman–Crippen MR) is 130 cm³/mol. The summed E-state index contributed by atoms with van der Waals surface area (Å²) in [5, 5.41) is 14.2. The van der Waals surface area contributed by atoms with Gasteiger partial charge in [0, 0.05) is 22.2 Å². The van der Waals surface area contributed by atoms with Crippen molar-refractivity contribution < 1.29 is 4.74 Å². The maximum absolute atomic E-state index is 10.1. The molecule has 32 heavy (non-hydrogen) atoms. The van der Waals surface area contributed by atoms with E-state index in [2.05, 4.69) is 30.4 Å². The van der Waals surface area contributed by atoms with E-state index in [1.165, 1.54) is 0 Å². The quantitative estimate of drug-likeness (QED) is 0.347. The van der Waals surface area contributed by atoms with Crippen LogP contribution in [0.2, 0.25) is 5.02 Å². The Morgan fingerprint density at radius 2 is 1.59 bits per heavy atom. The van der Waals surface area contributed by atoms with E-state index >= 15 is 0 Å². The van der Waals surface area contributed by atoms with Crippen LogP contribution in [0.1, 0.15) is 24.1 Å². The van der Waals surface area contributed by atoms with Crippen molar-refractivity contribution in [1.29, 1.82) is 5.26 Å². The van der Waals surface area contributed by atoms with Crippen LogP contribution < -0.4 is 10.1 Å². The third kappa shape index (κ3) is 4.59. The highest BCUT2D eigenvalue weighted by molar-refractivity contribution is 6.30. The number of hydrogen-bond donors (Lipinski definition) is 1. The minimum Gasteiger partial charge on any atom is -0.497 e. The Morgan fingerprint density at radius 3 is 2.22 bits per heavy atom. The monoisotopic (exact) mass is 439 g/mol. The van der Waals surface area contributed by atoms with Crippen LogP contribution in [0.25, 0.3) is 22.4 Å². The standard InChI is InChI=1S/C27H22ClN3O/c1-18(19-6-4-3-5-7-19)30-27-25(17-29)24(20-10-14-23(32-2)15-11-20)16-26(31-27)21-8-12-22(28)13-9-21/h3-16,18H,1-2H3,(H,30,31)/t18-/m0/s1. The third-order valence-electron chi connectivity index (χ3n) is 5.33. The smallest absolute Gasteiger partial charge is 0.145 e. The molecule has 0 unspecified atom stereocenters. The molecule has 0 spiro atoms. The minimum atomic E-state index is -0.0278. The Balaban J connectivity index is 1.85. The van der Waals surface area contributed by atoms with Crippen LogP contribution in [-0.4, -0.2) is 12.1 Å². The molecule has 1 N–H and O–H groups in total. The molecule has 0 aliphatic heterocycles. The zero-order valence-corrected chi connectivity index (χ0v) is 18.6. The van der Waals surface area contributed by atoms with E-state index in [0.717, 1.165) is 33.7 Å². The van der Waals surface area contributed by atoms with E-state index in [4.69, 9.17) is 21.3 Å². The number of methoxy groups -OCH3 is 1. The molecular weight excluding hydrogens is 418 g/mol. The summed E-state index contributed by atoms with van der Waals surface area (Å²) in [6.07, 6.45) is 0. The Morgan fingerprint density at radius 1 is 0.938 bits per heavy atom. The minimum absolute atomic E-state index is 0.0278. The highest BCUT2D eigenvalue weighted by Crippen LogP contribution is 2.34. The lowest BCUT2D eigenvalue weighted by Gasteiger charge is -2.19. The average molecular weight is 440 g/mol. The lowest BCUT2D eigenvalue weighted by molar-refractivity contribution is 0.415. The number of pyridine rings is 1. The van der Waals surface area contributed by atoms with Crippen LogP contribution in [0.15, 0.2) is 84.9 Å². The summed E-state index contributed by atoms with van der Waals surface area (Å²) in [5.41, 5.74) is 5.00. The second-order valence-corrected chi connectivity index (χ2v) is 7.84. The molecule has 0 bridgehead atoms. The van der Waals surface area contributed by atoms with Gasteiger partial charge in [-0.3, -0.25) is 0 Å². The molecule has 0 aliphatic carbocycles. The van der Waals surface area contributed by atoms with Gasteiger partial charge >= 0.3 is 0 Å². The first-order valence-corrected chi connectivity index (χ1v) is 10.6. The fourth-order valence-electron chi connectivity index (χ4n) is 3.56. The Labute approximate surface area is 193 Å². The number of nitrogens with one attached hydrogen (secondary N) is 1. The van der Waals surface area contributed by atoms with Gasteiger partial charge in [-0.2, -0.15) is 5.26 Å². The predicted octanol–water partition coefficient (Wildman–Crippen LogP) is 7.12. The number of aromatic nitrogens is 1. The molecule has 4 rings (SSSR count). The maximum atomic E-state index is 10.1. The SMILES string of the molecule is COc1ccc(-c2cc(-c3ccc(Cl)cc3)nc(N[C@@H](C)c3ccccc3)c2C#N)cc1. The molecule has 0 fully saturated rings. The molecular formula is C27H22ClN3O. The number of benzene rings is 3. The Hall–Kier alpha value is -3.81. The van der Waals surface area contributed by atoms with Crippen molar-refractivity contribution in [3.63, 3.8) is 0 Å². The van der Waals surface area contributed by atoms with E-state index in [1.54, 1.807) is 7.11 Å². The largest absolute Gasteiger partial charge is 0.497 e. The van der Waals surface area contributed by atoms with Crippen LogP contribution in [-0.2, 0) is 0 Å².